The van der Waals surface area contributed by atoms with Crippen molar-refractivity contribution < 1.29 is 22.4 Å². The molecule has 0 aromatic heterocycles. The number of anilines is 1. The zero-order valence-corrected chi connectivity index (χ0v) is 22.9. The van der Waals surface area contributed by atoms with Crippen LogP contribution in [0.2, 0.25) is 5.02 Å². The second-order valence-electron chi connectivity index (χ2n) is 8.56. The SMILES string of the molecule is CCNC(=O)C(CC)N(CCc1ccccc1)C(=O)CN(c1ccc(F)c(Cl)c1)S(=O)(=O)c1ccccc1. The minimum absolute atomic E-state index is 0.0303. The lowest BCUT2D eigenvalue weighted by atomic mass is 10.1. The Hall–Kier alpha value is -3.43. The summed E-state index contributed by atoms with van der Waals surface area (Å²) in [5.41, 5.74) is 0.998. The van der Waals surface area contributed by atoms with E-state index in [1.165, 1.54) is 29.2 Å². The van der Waals surface area contributed by atoms with Gasteiger partial charge in [-0.05, 0) is 55.7 Å². The molecule has 3 aromatic carbocycles. The van der Waals surface area contributed by atoms with Gasteiger partial charge < -0.3 is 10.2 Å². The van der Waals surface area contributed by atoms with Gasteiger partial charge in [-0.15, -0.1) is 0 Å². The van der Waals surface area contributed by atoms with Crippen molar-refractivity contribution in [3.05, 3.63) is 95.3 Å². The molecule has 3 rings (SSSR count). The molecule has 0 fully saturated rings. The topological polar surface area (TPSA) is 86.8 Å². The average Bonchev–Trinajstić information content (AvgIpc) is 2.92. The number of rotatable bonds is 12. The highest BCUT2D eigenvalue weighted by atomic mass is 35.5. The fourth-order valence-electron chi connectivity index (χ4n) is 4.08. The lowest BCUT2D eigenvalue weighted by molar-refractivity contribution is -0.139. The van der Waals surface area contributed by atoms with E-state index < -0.39 is 34.3 Å². The Bertz CT molecular complexity index is 1340. The van der Waals surface area contributed by atoms with Gasteiger partial charge in [0.1, 0.15) is 18.4 Å². The van der Waals surface area contributed by atoms with Crippen molar-refractivity contribution in [3.8, 4) is 0 Å². The molecule has 0 aliphatic carbocycles. The van der Waals surface area contributed by atoms with Crippen molar-refractivity contribution in [3.63, 3.8) is 0 Å². The lowest BCUT2D eigenvalue weighted by Crippen LogP contribution is -2.53. The predicted molar refractivity (Wildman–Crippen MR) is 147 cm³/mol. The highest BCUT2D eigenvalue weighted by Gasteiger charge is 2.33. The summed E-state index contributed by atoms with van der Waals surface area (Å²) in [6.07, 6.45) is 0.802. The quantitative estimate of drug-likeness (QED) is 0.350. The fraction of sp³-hybridized carbons (Fsp3) is 0.286. The van der Waals surface area contributed by atoms with Gasteiger partial charge in [-0.1, -0.05) is 67.1 Å². The zero-order valence-electron chi connectivity index (χ0n) is 21.3. The van der Waals surface area contributed by atoms with E-state index >= 15 is 0 Å². The third-order valence-electron chi connectivity index (χ3n) is 6.02. The standard InChI is InChI=1S/C28H31ClFN3O4S/c1-3-26(28(35)31-4-2)32(18-17-21-11-7-5-8-12-21)27(34)20-33(22-15-16-25(30)24(29)19-22)38(36,37)23-13-9-6-10-14-23/h5-16,19,26H,3-4,17-18,20H2,1-2H3,(H,31,35). The molecular weight excluding hydrogens is 529 g/mol. The van der Waals surface area contributed by atoms with Crippen LogP contribution in [0.25, 0.3) is 0 Å². The second kappa shape index (κ2) is 13.4. The van der Waals surface area contributed by atoms with Gasteiger partial charge in [-0.25, -0.2) is 12.8 Å². The Morgan fingerprint density at radius 3 is 2.18 bits per heavy atom. The summed E-state index contributed by atoms with van der Waals surface area (Å²) in [4.78, 5) is 28.1. The first-order chi connectivity index (χ1) is 18.2. The van der Waals surface area contributed by atoms with E-state index in [1.54, 1.807) is 32.0 Å². The van der Waals surface area contributed by atoms with Crippen LogP contribution >= 0.6 is 11.6 Å². The number of nitrogens with zero attached hydrogens (tertiary/aromatic N) is 2. The van der Waals surface area contributed by atoms with Crippen molar-refractivity contribution in [2.75, 3.05) is 23.9 Å². The molecule has 202 valence electrons. The maximum atomic E-state index is 13.9. The summed E-state index contributed by atoms with van der Waals surface area (Å²) in [6, 6.07) is 19.8. The van der Waals surface area contributed by atoms with Crippen LogP contribution in [0.1, 0.15) is 25.8 Å². The van der Waals surface area contributed by atoms with Gasteiger partial charge in [0, 0.05) is 13.1 Å². The van der Waals surface area contributed by atoms with Crippen molar-refractivity contribution >= 4 is 39.1 Å². The summed E-state index contributed by atoms with van der Waals surface area (Å²) < 4.78 is 42.2. The van der Waals surface area contributed by atoms with Gasteiger partial charge in [-0.2, -0.15) is 0 Å². The van der Waals surface area contributed by atoms with Crippen LogP contribution in [-0.4, -0.2) is 50.8 Å². The van der Waals surface area contributed by atoms with E-state index in [0.29, 0.717) is 19.4 Å². The van der Waals surface area contributed by atoms with Crippen molar-refractivity contribution in [1.82, 2.24) is 10.2 Å². The number of sulfonamides is 1. The molecule has 7 nitrogen and oxygen atoms in total. The molecule has 0 aliphatic rings. The van der Waals surface area contributed by atoms with Crippen LogP contribution in [-0.2, 0) is 26.0 Å². The number of hydrogen-bond acceptors (Lipinski definition) is 4. The molecule has 0 radical (unpaired) electrons. The lowest BCUT2D eigenvalue weighted by Gasteiger charge is -2.33. The highest BCUT2D eigenvalue weighted by Crippen LogP contribution is 2.28. The minimum atomic E-state index is -4.24. The maximum absolute atomic E-state index is 13.9. The van der Waals surface area contributed by atoms with E-state index in [-0.39, 0.29) is 28.1 Å². The van der Waals surface area contributed by atoms with Crippen LogP contribution < -0.4 is 9.62 Å². The Morgan fingerprint density at radius 2 is 1.61 bits per heavy atom. The minimum Gasteiger partial charge on any atom is -0.355 e. The molecule has 1 N–H and O–H groups in total. The summed E-state index contributed by atoms with van der Waals surface area (Å²) in [7, 11) is -4.24. The Balaban J connectivity index is 2.01. The number of likely N-dealkylation sites (N-methyl/N-ethyl adjacent to an activating group) is 1. The molecule has 0 bridgehead atoms. The number of benzene rings is 3. The van der Waals surface area contributed by atoms with Gasteiger partial charge in [-0.3, -0.25) is 13.9 Å². The molecule has 2 amide bonds. The number of hydrogen-bond donors (Lipinski definition) is 1. The molecule has 0 saturated carbocycles. The molecule has 0 aliphatic heterocycles. The first-order valence-corrected chi connectivity index (χ1v) is 14.1. The fourth-order valence-corrected chi connectivity index (χ4v) is 5.68. The zero-order chi connectivity index (χ0) is 27.7. The predicted octanol–water partition coefficient (Wildman–Crippen LogP) is 4.66. The molecule has 3 aromatic rings. The van der Waals surface area contributed by atoms with Gasteiger partial charge in [0.2, 0.25) is 11.8 Å². The Labute approximate surface area is 228 Å². The molecule has 38 heavy (non-hydrogen) atoms. The van der Waals surface area contributed by atoms with Crippen molar-refractivity contribution in [2.45, 2.75) is 37.6 Å². The summed E-state index contributed by atoms with van der Waals surface area (Å²) in [5.74, 6) is -1.61. The number of nitrogens with one attached hydrogen (secondary N) is 1. The Morgan fingerprint density at radius 1 is 0.974 bits per heavy atom. The van der Waals surface area contributed by atoms with E-state index in [9.17, 15) is 22.4 Å². The first kappa shape index (κ1) is 29.1. The monoisotopic (exact) mass is 559 g/mol. The van der Waals surface area contributed by atoms with E-state index in [4.69, 9.17) is 11.6 Å². The van der Waals surface area contributed by atoms with Crippen molar-refractivity contribution in [1.29, 1.82) is 0 Å². The van der Waals surface area contributed by atoms with Crippen LogP contribution in [0.5, 0.6) is 0 Å². The summed E-state index contributed by atoms with van der Waals surface area (Å²) in [6.45, 7) is 3.55. The van der Waals surface area contributed by atoms with E-state index in [0.717, 1.165) is 15.9 Å². The number of carbonyl (C=O) groups excluding carboxylic acids is 2. The number of carbonyl (C=O) groups is 2. The summed E-state index contributed by atoms with van der Waals surface area (Å²) >= 11 is 5.98. The largest absolute Gasteiger partial charge is 0.355 e. The summed E-state index contributed by atoms with van der Waals surface area (Å²) in [5, 5.41) is 2.48. The van der Waals surface area contributed by atoms with Gasteiger partial charge in [0.15, 0.2) is 0 Å². The van der Waals surface area contributed by atoms with Gasteiger partial charge >= 0.3 is 0 Å². The second-order valence-corrected chi connectivity index (χ2v) is 10.8. The molecule has 0 saturated heterocycles. The van der Waals surface area contributed by atoms with Gasteiger partial charge in [0.05, 0.1) is 15.6 Å². The molecular formula is C28H31ClFN3O4S. The average molecular weight is 560 g/mol. The highest BCUT2D eigenvalue weighted by molar-refractivity contribution is 7.92. The number of amides is 2. The van der Waals surface area contributed by atoms with Crippen LogP contribution in [0.3, 0.4) is 0 Å². The van der Waals surface area contributed by atoms with Crippen LogP contribution in [0.15, 0.2) is 83.8 Å². The molecule has 1 unspecified atom stereocenters. The third kappa shape index (κ3) is 7.11. The van der Waals surface area contributed by atoms with Crippen molar-refractivity contribution in [2.24, 2.45) is 0 Å². The number of halogens is 2. The molecule has 1 atom stereocenters. The van der Waals surface area contributed by atoms with Crippen LogP contribution in [0.4, 0.5) is 10.1 Å². The maximum Gasteiger partial charge on any atom is 0.264 e. The smallest absolute Gasteiger partial charge is 0.264 e. The molecule has 10 heteroatoms. The molecule has 0 spiro atoms. The van der Waals surface area contributed by atoms with Crippen LogP contribution in [0, 0.1) is 5.82 Å². The van der Waals surface area contributed by atoms with E-state index in [2.05, 4.69) is 5.32 Å². The Kier molecular flexibility index (Phi) is 10.3. The normalized spacial score (nSPS) is 12.0. The molecule has 0 heterocycles. The van der Waals surface area contributed by atoms with E-state index in [1.807, 2.05) is 30.3 Å². The first-order valence-electron chi connectivity index (χ1n) is 12.3. The third-order valence-corrected chi connectivity index (χ3v) is 8.10. The van der Waals surface area contributed by atoms with Gasteiger partial charge in [0.25, 0.3) is 10.0 Å².